The molecule has 0 radical (unpaired) electrons. The molecule has 0 bridgehead atoms. The van der Waals surface area contributed by atoms with Gasteiger partial charge >= 0.3 is 0 Å². The molecule has 3 N–H and O–H groups in total. The van der Waals surface area contributed by atoms with E-state index in [-0.39, 0.29) is 36.6 Å². The van der Waals surface area contributed by atoms with Gasteiger partial charge in [-0.25, -0.2) is 4.39 Å². The Labute approximate surface area is 154 Å². The van der Waals surface area contributed by atoms with Gasteiger partial charge in [0.05, 0.1) is 11.1 Å². The van der Waals surface area contributed by atoms with E-state index in [2.05, 4.69) is 5.32 Å². The molecule has 1 aromatic rings. The van der Waals surface area contributed by atoms with Gasteiger partial charge in [-0.2, -0.15) is 0 Å². The van der Waals surface area contributed by atoms with Crippen LogP contribution in [0.3, 0.4) is 0 Å². The van der Waals surface area contributed by atoms with E-state index in [4.69, 9.17) is 5.73 Å². The first-order valence-electron chi connectivity index (χ1n) is 8.85. The van der Waals surface area contributed by atoms with E-state index in [1.807, 2.05) is 0 Å². The molecule has 0 aliphatic carbocycles. The molecule has 2 saturated heterocycles. The third-order valence-corrected chi connectivity index (χ3v) is 5.22. The van der Waals surface area contributed by atoms with Gasteiger partial charge < -0.3 is 10.6 Å². The summed E-state index contributed by atoms with van der Waals surface area (Å²) in [5, 5.41) is 2.16. The topological polar surface area (TPSA) is 113 Å². The van der Waals surface area contributed by atoms with E-state index in [1.165, 1.54) is 6.07 Å². The molecule has 3 atom stereocenters. The second kappa shape index (κ2) is 6.41. The van der Waals surface area contributed by atoms with E-state index < -0.39 is 35.8 Å². The van der Waals surface area contributed by atoms with Crippen molar-refractivity contribution in [2.24, 2.45) is 5.73 Å². The highest BCUT2D eigenvalue weighted by Gasteiger charge is 2.44. The smallest absolute Gasteiger partial charge is 0.262 e. The summed E-state index contributed by atoms with van der Waals surface area (Å²) >= 11 is 0. The first-order valence-corrected chi connectivity index (χ1v) is 8.85. The molecule has 8 nitrogen and oxygen atoms in total. The molecule has 1 aromatic carbocycles. The Morgan fingerprint density at radius 1 is 1.07 bits per heavy atom. The number of halogens is 1. The fourth-order valence-electron chi connectivity index (χ4n) is 3.94. The quantitative estimate of drug-likeness (QED) is 0.703. The molecule has 2 fully saturated rings. The largest absolute Gasteiger partial charge is 0.367 e. The van der Waals surface area contributed by atoms with Crippen LogP contribution in [0.4, 0.5) is 10.1 Å². The van der Waals surface area contributed by atoms with Crippen LogP contribution in [0.25, 0.3) is 0 Å². The minimum Gasteiger partial charge on any atom is -0.367 e. The van der Waals surface area contributed by atoms with Gasteiger partial charge in [-0.1, -0.05) is 0 Å². The third-order valence-electron chi connectivity index (χ3n) is 5.22. The van der Waals surface area contributed by atoms with Gasteiger partial charge in [0.15, 0.2) is 0 Å². The lowest BCUT2D eigenvalue weighted by Crippen LogP contribution is -2.54. The fourth-order valence-corrected chi connectivity index (χ4v) is 3.94. The van der Waals surface area contributed by atoms with Crippen molar-refractivity contribution in [3.8, 4) is 0 Å². The number of fused-ring (bicyclic) bond motifs is 1. The molecule has 4 rings (SSSR count). The second-order valence-corrected chi connectivity index (χ2v) is 7.18. The maximum absolute atomic E-state index is 13.8. The Bertz CT molecular complexity index is 848. The summed E-state index contributed by atoms with van der Waals surface area (Å²) in [6.07, 6.45) is -0.590. The third kappa shape index (κ3) is 2.97. The zero-order chi connectivity index (χ0) is 19.3. The minimum absolute atomic E-state index is 0.0681. The number of imide groups is 2. The molecule has 142 valence electrons. The number of carbonyl (C=O) groups is 4. The predicted molar refractivity (Wildman–Crippen MR) is 92.8 cm³/mol. The van der Waals surface area contributed by atoms with Gasteiger partial charge in [-0.3, -0.25) is 29.4 Å². The fraction of sp³-hybridized carbons (Fsp3) is 0.444. The van der Waals surface area contributed by atoms with Gasteiger partial charge in [0, 0.05) is 31.2 Å². The Morgan fingerprint density at radius 3 is 2.52 bits per heavy atom. The van der Waals surface area contributed by atoms with Crippen LogP contribution in [0.15, 0.2) is 18.2 Å². The Balaban J connectivity index is 1.62. The highest BCUT2D eigenvalue weighted by Crippen LogP contribution is 2.31. The lowest BCUT2D eigenvalue weighted by molar-refractivity contribution is -0.136. The van der Waals surface area contributed by atoms with Gasteiger partial charge in [-0.05, 0) is 31.0 Å². The first-order chi connectivity index (χ1) is 12.8. The van der Waals surface area contributed by atoms with Crippen molar-refractivity contribution in [1.29, 1.82) is 0 Å². The van der Waals surface area contributed by atoms with E-state index in [1.54, 1.807) is 17.0 Å². The highest BCUT2D eigenvalue weighted by atomic mass is 19.1. The Hall–Kier alpha value is -2.81. The summed E-state index contributed by atoms with van der Waals surface area (Å²) in [4.78, 5) is 51.6. The molecular weight excluding hydrogens is 355 g/mol. The number of rotatable bonds is 2. The summed E-state index contributed by atoms with van der Waals surface area (Å²) in [5.41, 5.74) is 6.87. The van der Waals surface area contributed by atoms with Crippen molar-refractivity contribution in [3.05, 3.63) is 29.3 Å². The van der Waals surface area contributed by atoms with E-state index >= 15 is 0 Å². The predicted octanol–water partition coefficient (Wildman–Crippen LogP) is -0.0367. The van der Waals surface area contributed by atoms with Gasteiger partial charge in [0.2, 0.25) is 11.8 Å². The number of nitrogens with one attached hydrogen (secondary N) is 1. The number of piperidine rings is 2. The number of benzene rings is 1. The summed E-state index contributed by atoms with van der Waals surface area (Å²) in [7, 11) is 0. The maximum Gasteiger partial charge on any atom is 0.262 e. The molecule has 3 aliphatic heterocycles. The number of carbonyl (C=O) groups excluding carboxylic acids is 4. The van der Waals surface area contributed by atoms with Gasteiger partial charge in [-0.15, -0.1) is 0 Å². The van der Waals surface area contributed by atoms with Gasteiger partial charge in [0.25, 0.3) is 11.8 Å². The number of nitrogens with two attached hydrogens (primary N) is 1. The molecule has 0 aromatic heterocycles. The van der Waals surface area contributed by atoms with E-state index in [0.29, 0.717) is 18.7 Å². The normalized spacial score (nSPS) is 28.4. The van der Waals surface area contributed by atoms with Crippen molar-refractivity contribution >= 4 is 29.3 Å². The molecule has 0 saturated carbocycles. The molecule has 3 heterocycles. The molecule has 4 amide bonds. The van der Waals surface area contributed by atoms with Gasteiger partial charge in [0.1, 0.15) is 12.2 Å². The zero-order valence-corrected chi connectivity index (χ0v) is 14.5. The first kappa shape index (κ1) is 17.6. The van der Waals surface area contributed by atoms with E-state index in [9.17, 15) is 23.6 Å². The van der Waals surface area contributed by atoms with Crippen LogP contribution in [-0.2, 0) is 9.59 Å². The van der Waals surface area contributed by atoms with Crippen LogP contribution in [-0.4, -0.2) is 59.9 Å². The molecule has 1 unspecified atom stereocenters. The Morgan fingerprint density at radius 2 is 1.81 bits per heavy atom. The molecule has 9 heteroatoms. The standard InChI is InChI=1S/C18H19FN4O4/c19-9-5-10(20)8-22(7-9)11-1-2-12-13(6-11)18(27)23(17(12)26)14-3-4-15(24)21-16(14)25/h1-2,6,9-10,14H,3-5,7-8,20H2,(H,21,24,25)/t9-,10-,14?/m0/s1. The number of anilines is 1. The summed E-state index contributed by atoms with van der Waals surface area (Å²) in [5.74, 6) is -2.21. The van der Waals surface area contributed by atoms with Crippen LogP contribution >= 0.6 is 0 Å². The number of hydrogen-bond acceptors (Lipinski definition) is 6. The van der Waals surface area contributed by atoms with Crippen LogP contribution < -0.4 is 16.0 Å². The zero-order valence-electron chi connectivity index (χ0n) is 14.5. The van der Waals surface area contributed by atoms with Crippen molar-refractivity contribution in [3.63, 3.8) is 0 Å². The van der Waals surface area contributed by atoms with Crippen LogP contribution in [0.5, 0.6) is 0 Å². The summed E-state index contributed by atoms with van der Waals surface area (Å²) in [6, 6.07) is 3.41. The molecular formula is C18H19FN4O4. The van der Waals surface area contributed by atoms with Crippen molar-refractivity contribution in [1.82, 2.24) is 10.2 Å². The summed E-state index contributed by atoms with van der Waals surface area (Å²) < 4.78 is 13.8. The SMILES string of the molecule is N[C@H]1C[C@H](F)CN(c2ccc3c(c2)C(=O)N(C2CCC(=O)NC2=O)C3=O)C1. The minimum atomic E-state index is -1.06. The number of amides is 4. The Kier molecular flexibility index (Phi) is 4.18. The van der Waals surface area contributed by atoms with E-state index in [0.717, 1.165) is 4.90 Å². The number of hydrogen-bond donors (Lipinski definition) is 2. The van der Waals surface area contributed by atoms with Crippen LogP contribution in [0.2, 0.25) is 0 Å². The lowest BCUT2D eigenvalue weighted by atomic mass is 10.0. The van der Waals surface area contributed by atoms with Crippen LogP contribution in [0.1, 0.15) is 40.0 Å². The van der Waals surface area contributed by atoms with Crippen molar-refractivity contribution in [2.45, 2.75) is 37.5 Å². The average molecular weight is 374 g/mol. The van der Waals surface area contributed by atoms with Crippen molar-refractivity contribution < 1.29 is 23.6 Å². The van der Waals surface area contributed by atoms with Crippen LogP contribution in [0, 0.1) is 0 Å². The molecule has 0 spiro atoms. The lowest BCUT2D eigenvalue weighted by Gasteiger charge is -2.34. The number of nitrogens with zero attached hydrogens (tertiary/aromatic N) is 2. The average Bonchev–Trinajstić information content (AvgIpc) is 2.85. The second-order valence-electron chi connectivity index (χ2n) is 7.18. The molecule has 3 aliphatic rings. The monoisotopic (exact) mass is 374 g/mol. The van der Waals surface area contributed by atoms with Crippen molar-refractivity contribution in [2.75, 3.05) is 18.0 Å². The summed E-state index contributed by atoms with van der Waals surface area (Å²) in [6.45, 7) is 0.629. The number of alkyl halides is 1. The molecule has 27 heavy (non-hydrogen) atoms. The highest BCUT2D eigenvalue weighted by molar-refractivity contribution is 6.23. The maximum atomic E-state index is 13.8.